The van der Waals surface area contributed by atoms with E-state index in [0.29, 0.717) is 11.3 Å². The SMILES string of the molecule is CC(=O)NC(=O)c1cc2cc(Br)ccc2oc1=Nc1ccccc1. The summed E-state index contributed by atoms with van der Waals surface area (Å²) in [4.78, 5) is 27.9. The number of carbonyl (C=O) groups is 2. The highest BCUT2D eigenvalue weighted by molar-refractivity contribution is 9.10. The predicted octanol–water partition coefficient (Wildman–Crippen LogP) is 3.70. The summed E-state index contributed by atoms with van der Waals surface area (Å²) in [6, 6.07) is 16.3. The summed E-state index contributed by atoms with van der Waals surface area (Å²) in [5.74, 6) is -0.997. The number of carbonyl (C=O) groups excluding carboxylic acids is 2. The first-order valence-corrected chi connectivity index (χ1v) is 7.97. The van der Waals surface area contributed by atoms with Crippen molar-refractivity contribution in [3.05, 3.63) is 70.2 Å². The lowest BCUT2D eigenvalue weighted by Gasteiger charge is -2.05. The Balaban J connectivity index is 2.24. The number of nitrogens with one attached hydrogen (secondary N) is 1. The van der Waals surface area contributed by atoms with Gasteiger partial charge in [-0.15, -0.1) is 0 Å². The van der Waals surface area contributed by atoms with Gasteiger partial charge in [0.25, 0.3) is 5.91 Å². The van der Waals surface area contributed by atoms with Crippen LogP contribution in [0, 0.1) is 0 Å². The van der Waals surface area contributed by atoms with Crippen LogP contribution in [0.15, 0.2) is 68.5 Å². The Hall–Kier alpha value is -2.73. The second-order valence-electron chi connectivity index (χ2n) is 5.11. The Morgan fingerprint density at radius 1 is 1.08 bits per heavy atom. The molecular formula is C18H13BrN2O3. The molecule has 2 amide bonds. The van der Waals surface area contributed by atoms with Crippen molar-refractivity contribution >= 4 is 44.4 Å². The van der Waals surface area contributed by atoms with Gasteiger partial charge in [0.05, 0.1) is 5.69 Å². The number of amides is 2. The van der Waals surface area contributed by atoms with E-state index in [4.69, 9.17) is 4.42 Å². The summed E-state index contributed by atoms with van der Waals surface area (Å²) in [5.41, 5.74) is 1.58. The predicted molar refractivity (Wildman–Crippen MR) is 93.7 cm³/mol. The van der Waals surface area contributed by atoms with E-state index in [-0.39, 0.29) is 11.1 Å². The van der Waals surface area contributed by atoms with Crippen molar-refractivity contribution in [2.24, 2.45) is 4.99 Å². The lowest BCUT2D eigenvalue weighted by molar-refractivity contribution is -0.118. The minimum atomic E-state index is -0.553. The van der Waals surface area contributed by atoms with Crippen molar-refractivity contribution in [1.82, 2.24) is 5.32 Å². The number of para-hydroxylation sites is 1. The largest absolute Gasteiger partial charge is 0.438 e. The third kappa shape index (κ3) is 3.60. The van der Waals surface area contributed by atoms with E-state index in [2.05, 4.69) is 26.2 Å². The highest BCUT2D eigenvalue weighted by atomic mass is 79.9. The van der Waals surface area contributed by atoms with Gasteiger partial charge in [0.15, 0.2) is 0 Å². The van der Waals surface area contributed by atoms with Crippen LogP contribution in [0.2, 0.25) is 0 Å². The quantitative estimate of drug-likeness (QED) is 0.731. The number of rotatable bonds is 2. The van der Waals surface area contributed by atoms with Gasteiger partial charge in [-0.25, -0.2) is 4.99 Å². The van der Waals surface area contributed by atoms with Crippen LogP contribution in [0.4, 0.5) is 5.69 Å². The highest BCUT2D eigenvalue weighted by Crippen LogP contribution is 2.20. The van der Waals surface area contributed by atoms with Gasteiger partial charge < -0.3 is 4.42 Å². The molecule has 0 radical (unpaired) electrons. The average molecular weight is 385 g/mol. The molecule has 1 N–H and O–H groups in total. The van der Waals surface area contributed by atoms with Gasteiger partial charge in [-0.3, -0.25) is 14.9 Å². The Bertz CT molecular complexity index is 994. The van der Waals surface area contributed by atoms with Crippen LogP contribution in [0.1, 0.15) is 17.3 Å². The maximum absolute atomic E-state index is 12.3. The zero-order valence-electron chi connectivity index (χ0n) is 12.7. The lowest BCUT2D eigenvalue weighted by atomic mass is 10.1. The van der Waals surface area contributed by atoms with Crippen LogP contribution in [0.5, 0.6) is 0 Å². The number of halogens is 1. The van der Waals surface area contributed by atoms with Gasteiger partial charge in [0, 0.05) is 16.8 Å². The van der Waals surface area contributed by atoms with Gasteiger partial charge in [-0.2, -0.15) is 0 Å². The minimum absolute atomic E-state index is 0.148. The van der Waals surface area contributed by atoms with Gasteiger partial charge in [-0.1, -0.05) is 34.1 Å². The van der Waals surface area contributed by atoms with Gasteiger partial charge in [-0.05, 0) is 36.4 Å². The molecule has 3 aromatic rings. The molecule has 0 bridgehead atoms. The van der Waals surface area contributed by atoms with Crippen LogP contribution >= 0.6 is 15.9 Å². The summed E-state index contributed by atoms with van der Waals surface area (Å²) in [7, 11) is 0. The number of benzene rings is 2. The number of nitrogens with zero attached hydrogens (tertiary/aromatic N) is 1. The van der Waals surface area contributed by atoms with Crippen LogP contribution in [0.3, 0.4) is 0 Å². The Labute approximate surface area is 146 Å². The van der Waals surface area contributed by atoms with Crippen LogP contribution in [-0.4, -0.2) is 11.8 Å². The summed E-state index contributed by atoms with van der Waals surface area (Å²) >= 11 is 3.39. The highest BCUT2D eigenvalue weighted by Gasteiger charge is 2.14. The Morgan fingerprint density at radius 2 is 1.83 bits per heavy atom. The third-order valence-corrected chi connectivity index (χ3v) is 3.72. The Morgan fingerprint density at radius 3 is 2.54 bits per heavy atom. The fraction of sp³-hybridized carbons (Fsp3) is 0.0556. The second kappa shape index (κ2) is 6.80. The minimum Gasteiger partial charge on any atom is -0.438 e. The summed E-state index contributed by atoms with van der Waals surface area (Å²) in [6.07, 6.45) is 0. The number of hydrogen-bond acceptors (Lipinski definition) is 4. The van der Waals surface area contributed by atoms with Crippen molar-refractivity contribution in [2.45, 2.75) is 6.92 Å². The first-order chi connectivity index (χ1) is 11.5. The van der Waals surface area contributed by atoms with Gasteiger partial charge >= 0.3 is 0 Å². The standard InChI is InChI=1S/C18H13BrN2O3/c1-11(22)20-17(23)15-10-12-9-13(19)7-8-16(12)24-18(15)21-14-5-3-2-4-6-14/h2-10H,1H3,(H,20,22,23). The molecule has 5 nitrogen and oxygen atoms in total. The topological polar surface area (TPSA) is 71.7 Å². The van der Waals surface area contributed by atoms with E-state index < -0.39 is 11.8 Å². The smallest absolute Gasteiger partial charge is 0.263 e. The monoisotopic (exact) mass is 384 g/mol. The molecule has 6 heteroatoms. The molecule has 0 aliphatic carbocycles. The molecule has 3 rings (SSSR count). The van der Waals surface area contributed by atoms with Crippen LogP contribution in [0.25, 0.3) is 11.0 Å². The molecule has 0 saturated carbocycles. The summed E-state index contributed by atoms with van der Waals surface area (Å²) in [5, 5.41) is 2.98. The van der Waals surface area contributed by atoms with E-state index in [0.717, 1.165) is 9.86 Å². The molecule has 1 aromatic heterocycles. The number of fused-ring (bicyclic) bond motifs is 1. The third-order valence-electron chi connectivity index (χ3n) is 3.23. The number of imide groups is 1. The zero-order valence-corrected chi connectivity index (χ0v) is 14.3. The zero-order chi connectivity index (χ0) is 17.1. The van der Waals surface area contributed by atoms with Crippen molar-refractivity contribution in [2.75, 3.05) is 0 Å². The molecule has 0 aliphatic heterocycles. The molecule has 2 aromatic carbocycles. The van der Waals surface area contributed by atoms with Gasteiger partial charge in [0.2, 0.25) is 11.5 Å². The van der Waals surface area contributed by atoms with E-state index in [1.165, 1.54) is 6.92 Å². The molecule has 0 fully saturated rings. The maximum atomic E-state index is 12.3. The van der Waals surface area contributed by atoms with E-state index in [1.54, 1.807) is 24.3 Å². The van der Waals surface area contributed by atoms with E-state index in [9.17, 15) is 9.59 Å². The molecule has 0 unspecified atom stereocenters. The fourth-order valence-corrected chi connectivity index (χ4v) is 2.57. The van der Waals surface area contributed by atoms with Crippen molar-refractivity contribution < 1.29 is 14.0 Å². The fourth-order valence-electron chi connectivity index (χ4n) is 2.19. The van der Waals surface area contributed by atoms with E-state index >= 15 is 0 Å². The lowest BCUT2D eigenvalue weighted by Crippen LogP contribution is -2.32. The van der Waals surface area contributed by atoms with Crippen LogP contribution < -0.4 is 10.9 Å². The van der Waals surface area contributed by atoms with Crippen molar-refractivity contribution in [3.8, 4) is 0 Å². The normalized spacial score (nSPS) is 11.5. The first kappa shape index (κ1) is 16.1. The molecule has 0 spiro atoms. The summed E-state index contributed by atoms with van der Waals surface area (Å²) < 4.78 is 6.65. The number of hydrogen-bond donors (Lipinski definition) is 1. The van der Waals surface area contributed by atoms with Gasteiger partial charge in [0.1, 0.15) is 11.1 Å². The molecule has 0 aliphatic rings. The molecule has 0 atom stereocenters. The molecule has 24 heavy (non-hydrogen) atoms. The average Bonchev–Trinajstić information content (AvgIpc) is 2.54. The first-order valence-electron chi connectivity index (χ1n) is 7.18. The maximum Gasteiger partial charge on any atom is 0.263 e. The second-order valence-corrected chi connectivity index (χ2v) is 6.02. The molecule has 0 saturated heterocycles. The van der Waals surface area contributed by atoms with Crippen molar-refractivity contribution in [3.63, 3.8) is 0 Å². The molecule has 1 heterocycles. The Kier molecular flexibility index (Phi) is 4.57. The van der Waals surface area contributed by atoms with Crippen molar-refractivity contribution in [1.29, 1.82) is 0 Å². The molecular weight excluding hydrogens is 372 g/mol. The summed E-state index contributed by atoms with van der Waals surface area (Å²) in [6.45, 7) is 1.28. The molecule has 120 valence electrons. The van der Waals surface area contributed by atoms with Crippen LogP contribution in [-0.2, 0) is 4.79 Å². The van der Waals surface area contributed by atoms with E-state index in [1.807, 2.05) is 30.3 Å².